The highest BCUT2D eigenvalue weighted by Gasteiger charge is 2.21. The summed E-state index contributed by atoms with van der Waals surface area (Å²) in [5.41, 5.74) is 0.726. The lowest BCUT2D eigenvalue weighted by atomic mass is 10.2. The van der Waals surface area contributed by atoms with Crippen LogP contribution in [0.25, 0.3) is 0 Å². The fourth-order valence-corrected chi connectivity index (χ4v) is 2.83. The SMILES string of the molecule is CCNC(=NCc1ccc(OC)c(OC(F)F)c1)N1CCN(C(C)=O)CC1.I. The summed E-state index contributed by atoms with van der Waals surface area (Å²) < 4.78 is 34.7. The summed E-state index contributed by atoms with van der Waals surface area (Å²) >= 11 is 0. The van der Waals surface area contributed by atoms with Gasteiger partial charge in [0.2, 0.25) is 5.91 Å². The number of methoxy groups -OCH3 is 1. The maximum absolute atomic E-state index is 12.6. The quantitative estimate of drug-likeness (QED) is 0.361. The molecule has 1 fully saturated rings. The van der Waals surface area contributed by atoms with E-state index in [4.69, 9.17) is 4.74 Å². The lowest BCUT2D eigenvalue weighted by Crippen LogP contribution is -2.53. The van der Waals surface area contributed by atoms with Crippen LogP contribution in [0.3, 0.4) is 0 Å². The second-order valence-corrected chi connectivity index (χ2v) is 6.03. The maximum Gasteiger partial charge on any atom is 0.387 e. The maximum atomic E-state index is 12.6. The molecule has 0 saturated carbocycles. The van der Waals surface area contributed by atoms with Gasteiger partial charge in [-0.25, -0.2) is 4.99 Å². The van der Waals surface area contributed by atoms with Crippen molar-refractivity contribution in [1.82, 2.24) is 15.1 Å². The number of rotatable bonds is 6. The third-order valence-electron chi connectivity index (χ3n) is 4.21. The number of halogens is 3. The van der Waals surface area contributed by atoms with Crippen LogP contribution in [-0.4, -0.2) is 68.1 Å². The molecule has 7 nitrogen and oxygen atoms in total. The summed E-state index contributed by atoms with van der Waals surface area (Å²) in [6.45, 7) is 4.30. The van der Waals surface area contributed by atoms with E-state index in [0.717, 1.165) is 11.5 Å². The van der Waals surface area contributed by atoms with Gasteiger partial charge in [0.25, 0.3) is 0 Å². The number of ether oxygens (including phenoxy) is 2. The van der Waals surface area contributed by atoms with Gasteiger partial charge in [-0.2, -0.15) is 8.78 Å². The Hall–Kier alpha value is -1.85. The molecule has 1 heterocycles. The molecule has 1 aliphatic heterocycles. The van der Waals surface area contributed by atoms with Crippen LogP contribution in [0.4, 0.5) is 8.78 Å². The first-order valence-electron chi connectivity index (χ1n) is 8.85. The Bertz CT molecular complexity index is 668. The summed E-state index contributed by atoms with van der Waals surface area (Å²) in [5.74, 6) is 1.03. The first-order valence-corrected chi connectivity index (χ1v) is 8.85. The van der Waals surface area contributed by atoms with Gasteiger partial charge in [-0.05, 0) is 24.6 Å². The molecule has 28 heavy (non-hydrogen) atoms. The zero-order valence-electron chi connectivity index (χ0n) is 16.3. The average Bonchev–Trinajstić information content (AvgIpc) is 2.65. The zero-order valence-corrected chi connectivity index (χ0v) is 18.6. The van der Waals surface area contributed by atoms with Gasteiger partial charge in [0, 0.05) is 39.6 Å². The molecule has 0 unspecified atom stereocenters. The van der Waals surface area contributed by atoms with E-state index < -0.39 is 6.61 Å². The monoisotopic (exact) mass is 512 g/mol. The molecule has 10 heteroatoms. The van der Waals surface area contributed by atoms with E-state index in [2.05, 4.69) is 19.9 Å². The van der Waals surface area contributed by atoms with Gasteiger partial charge in [-0.1, -0.05) is 6.07 Å². The van der Waals surface area contributed by atoms with E-state index in [9.17, 15) is 13.6 Å². The molecular weight excluding hydrogens is 485 g/mol. The summed E-state index contributed by atoms with van der Waals surface area (Å²) in [6, 6.07) is 4.85. The number of alkyl halides is 2. The first-order chi connectivity index (χ1) is 12.9. The number of nitrogens with zero attached hydrogens (tertiary/aromatic N) is 3. The highest BCUT2D eigenvalue weighted by Crippen LogP contribution is 2.29. The number of aliphatic imine (C=N–C) groups is 1. The van der Waals surface area contributed by atoms with E-state index in [0.29, 0.717) is 39.3 Å². The Morgan fingerprint density at radius 3 is 2.39 bits per heavy atom. The number of guanidine groups is 1. The molecule has 2 rings (SSSR count). The number of piperazine rings is 1. The van der Waals surface area contributed by atoms with Crippen LogP contribution < -0.4 is 14.8 Å². The van der Waals surface area contributed by atoms with E-state index >= 15 is 0 Å². The Balaban J connectivity index is 0.00000392. The summed E-state index contributed by atoms with van der Waals surface area (Å²) in [6.07, 6.45) is 0. The summed E-state index contributed by atoms with van der Waals surface area (Å²) in [4.78, 5) is 19.9. The van der Waals surface area contributed by atoms with Crippen molar-refractivity contribution < 1.29 is 23.0 Å². The van der Waals surface area contributed by atoms with Crippen molar-refractivity contribution in [2.24, 2.45) is 4.99 Å². The molecule has 1 N–H and O–H groups in total. The fourth-order valence-electron chi connectivity index (χ4n) is 2.83. The number of carbonyl (C=O) groups excluding carboxylic acids is 1. The van der Waals surface area contributed by atoms with Gasteiger partial charge in [0.05, 0.1) is 13.7 Å². The minimum atomic E-state index is -2.92. The van der Waals surface area contributed by atoms with Gasteiger partial charge in [-0.15, -0.1) is 24.0 Å². The number of benzene rings is 1. The predicted molar refractivity (Wildman–Crippen MR) is 114 cm³/mol. The lowest BCUT2D eigenvalue weighted by Gasteiger charge is -2.36. The van der Waals surface area contributed by atoms with E-state index in [1.807, 2.05) is 6.92 Å². The average molecular weight is 512 g/mol. The summed E-state index contributed by atoms with van der Waals surface area (Å²) in [5, 5.41) is 3.23. The Morgan fingerprint density at radius 1 is 1.21 bits per heavy atom. The van der Waals surface area contributed by atoms with Crippen LogP contribution in [0.1, 0.15) is 19.4 Å². The van der Waals surface area contributed by atoms with Crippen LogP contribution in [0.2, 0.25) is 0 Å². The van der Waals surface area contributed by atoms with Gasteiger partial charge in [0.1, 0.15) is 0 Å². The largest absolute Gasteiger partial charge is 0.493 e. The van der Waals surface area contributed by atoms with Gasteiger partial charge in [-0.3, -0.25) is 4.79 Å². The molecule has 0 radical (unpaired) electrons. The fraction of sp³-hybridized carbons (Fsp3) is 0.556. The molecule has 0 aromatic heterocycles. The van der Waals surface area contributed by atoms with Crippen LogP contribution >= 0.6 is 24.0 Å². The van der Waals surface area contributed by atoms with Crippen molar-refractivity contribution in [3.8, 4) is 11.5 Å². The third kappa shape index (κ3) is 6.95. The number of nitrogens with one attached hydrogen (secondary N) is 1. The van der Waals surface area contributed by atoms with Crippen LogP contribution in [-0.2, 0) is 11.3 Å². The van der Waals surface area contributed by atoms with Crippen molar-refractivity contribution in [3.63, 3.8) is 0 Å². The molecule has 0 atom stereocenters. The first kappa shape index (κ1) is 24.2. The third-order valence-corrected chi connectivity index (χ3v) is 4.21. The number of carbonyl (C=O) groups is 1. The van der Waals surface area contributed by atoms with Crippen LogP contribution in [0.15, 0.2) is 23.2 Å². The standard InChI is InChI=1S/C18H26F2N4O3.HI/c1-4-21-18(24-9-7-23(8-10-24)13(2)25)22-12-14-5-6-15(26-3)16(11-14)27-17(19)20;/h5-6,11,17H,4,7-10,12H2,1-3H3,(H,21,22);1H. The smallest absolute Gasteiger partial charge is 0.387 e. The zero-order chi connectivity index (χ0) is 19.8. The van der Waals surface area contributed by atoms with Crippen molar-refractivity contribution in [2.75, 3.05) is 39.8 Å². The van der Waals surface area contributed by atoms with Crippen molar-refractivity contribution in [3.05, 3.63) is 23.8 Å². The number of hydrogen-bond donors (Lipinski definition) is 1. The Morgan fingerprint density at radius 2 is 1.86 bits per heavy atom. The molecule has 0 aliphatic carbocycles. The van der Waals surface area contributed by atoms with Gasteiger partial charge < -0.3 is 24.6 Å². The molecule has 1 aliphatic rings. The Kier molecular flexibility index (Phi) is 10.3. The Labute approximate surface area is 181 Å². The number of hydrogen-bond acceptors (Lipinski definition) is 4. The van der Waals surface area contributed by atoms with Crippen molar-refractivity contribution in [1.29, 1.82) is 0 Å². The normalized spacial score (nSPS) is 14.6. The second kappa shape index (κ2) is 11.9. The van der Waals surface area contributed by atoms with Crippen LogP contribution in [0.5, 0.6) is 11.5 Å². The highest BCUT2D eigenvalue weighted by atomic mass is 127. The molecule has 1 aromatic rings. The van der Waals surface area contributed by atoms with E-state index in [-0.39, 0.29) is 41.4 Å². The highest BCUT2D eigenvalue weighted by molar-refractivity contribution is 14.0. The van der Waals surface area contributed by atoms with Crippen LogP contribution in [0, 0.1) is 0 Å². The van der Waals surface area contributed by atoms with Crippen molar-refractivity contribution in [2.45, 2.75) is 27.0 Å². The predicted octanol–water partition coefficient (Wildman–Crippen LogP) is 2.54. The van der Waals surface area contributed by atoms with Gasteiger partial charge in [0.15, 0.2) is 17.5 Å². The summed E-state index contributed by atoms with van der Waals surface area (Å²) in [7, 11) is 1.40. The van der Waals surface area contributed by atoms with Gasteiger partial charge >= 0.3 is 6.61 Å². The molecule has 0 spiro atoms. The van der Waals surface area contributed by atoms with E-state index in [1.54, 1.807) is 24.0 Å². The minimum absolute atomic E-state index is 0. The molecule has 1 saturated heterocycles. The molecular formula is C18H27F2IN4O3. The molecule has 1 amide bonds. The second-order valence-electron chi connectivity index (χ2n) is 6.03. The number of amides is 1. The molecule has 1 aromatic carbocycles. The lowest BCUT2D eigenvalue weighted by molar-refractivity contribution is -0.130. The van der Waals surface area contributed by atoms with Crippen molar-refractivity contribution >= 4 is 35.8 Å². The molecule has 158 valence electrons. The van der Waals surface area contributed by atoms with E-state index in [1.165, 1.54) is 13.2 Å². The minimum Gasteiger partial charge on any atom is -0.493 e. The molecule has 0 bridgehead atoms. The topological polar surface area (TPSA) is 66.4 Å².